The number of nitrogens with zero attached hydrogens (tertiary/aromatic N) is 4. The SMILES string of the molecule is Cc1ccc(Nc2ncc3cc(-c4cc(N)ccc4C)n(C)c(=O)c3n2)cn1. The van der Waals surface area contributed by atoms with Gasteiger partial charge in [0.2, 0.25) is 5.95 Å². The van der Waals surface area contributed by atoms with Crippen molar-refractivity contribution in [2.24, 2.45) is 7.05 Å². The van der Waals surface area contributed by atoms with E-state index >= 15 is 0 Å². The second kappa shape index (κ2) is 6.77. The molecule has 3 heterocycles. The van der Waals surface area contributed by atoms with Crippen LogP contribution < -0.4 is 16.6 Å². The third kappa shape index (κ3) is 3.18. The van der Waals surface area contributed by atoms with Gasteiger partial charge >= 0.3 is 0 Å². The maximum absolute atomic E-state index is 13.0. The molecular weight excluding hydrogens is 352 g/mol. The zero-order valence-corrected chi connectivity index (χ0v) is 15.9. The molecule has 0 aliphatic carbocycles. The Bertz CT molecular complexity index is 1240. The lowest BCUT2D eigenvalue weighted by Crippen LogP contribution is -2.20. The van der Waals surface area contributed by atoms with Crippen LogP contribution in [0.3, 0.4) is 0 Å². The van der Waals surface area contributed by atoms with Gasteiger partial charge in [0.1, 0.15) is 5.52 Å². The van der Waals surface area contributed by atoms with Gasteiger partial charge in [-0.05, 0) is 49.7 Å². The highest BCUT2D eigenvalue weighted by molar-refractivity contribution is 5.83. The Balaban J connectivity index is 1.81. The Hall–Kier alpha value is -3.74. The normalized spacial score (nSPS) is 11.0. The minimum Gasteiger partial charge on any atom is -0.399 e. The Morgan fingerprint density at radius 1 is 1.04 bits per heavy atom. The summed E-state index contributed by atoms with van der Waals surface area (Å²) in [6.45, 7) is 3.91. The van der Waals surface area contributed by atoms with Crippen molar-refractivity contribution in [2.75, 3.05) is 11.1 Å². The number of aryl methyl sites for hydroxylation is 2. The van der Waals surface area contributed by atoms with E-state index in [1.54, 1.807) is 24.0 Å². The molecule has 3 aromatic heterocycles. The maximum atomic E-state index is 13.0. The summed E-state index contributed by atoms with van der Waals surface area (Å²) < 4.78 is 1.59. The minimum absolute atomic E-state index is 0.193. The number of pyridine rings is 2. The fraction of sp³-hybridized carbons (Fsp3) is 0.143. The van der Waals surface area contributed by atoms with Crippen LogP contribution >= 0.6 is 0 Å². The van der Waals surface area contributed by atoms with Gasteiger partial charge in [-0.15, -0.1) is 0 Å². The first-order valence-electron chi connectivity index (χ1n) is 8.85. The fourth-order valence-electron chi connectivity index (χ4n) is 3.09. The maximum Gasteiger partial charge on any atom is 0.277 e. The van der Waals surface area contributed by atoms with Crippen LogP contribution in [0.2, 0.25) is 0 Å². The quantitative estimate of drug-likeness (QED) is 0.535. The van der Waals surface area contributed by atoms with E-state index in [0.717, 1.165) is 28.2 Å². The highest BCUT2D eigenvalue weighted by atomic mass is 16.1. The molecule has 0 aliphatic rings. The molecule has 0 fully saturated rings. The molecule has 0 saturated heterocycles. The van der Waals surface area contributed by atoms with Gasteiger partial charge < -0.3 is 15.6 Å². The van der Waals surface area contributed by atoms with Crippen molar-refractivity contribution in [3.05, 3.63) is 70.4 Å². The smallest absolute Gasteiger partial charge is 0.277 e. The fourth-order valence-corrected chi connectivity index (χ4v) is 3.09. The summed E-state index contributed by atoms with van der Waals surface area (Å²) in [4.78, 5) is 26.0. The molecule has 0 bridgehead atoms. The van der Waals surface area contributed by atoms with Gasteiger partial charge in [0, 0.05) is 35.6 Å². The molecule has 1 aromatic carbocycles. The van der Waals surface area contributed by atoms with Crippen LogP contribution in [0, 0.1) is 13.8 Å². The van der Waals surface area contributed by atoms with Crippen molar-refractivity contribution in [3.63, 3.8) is 0 Å². The summed E-state index contributed by atoms with van der Waals surface area (Å²) in [5.74, 6) is 0.350. The van der Waals surface area contributed by atoms with E-state index in [9.17, 15) is 4.79 Å². The molecular formula is C21H20N6O. The topological polar surface area (TPSA) is 98.7 Å². The monoisotopic (exact) mass is 372 g/mol. The van der Waals surface area contributed by atoms with E-state index in [-0.39, 0.29) is 5.56 Å². The number of benzene rings is 1. The van der Waals surface area contributed by atoms with Gasteiger partial charge in [-0.25, -0.2) is 9.97 Å². The first-order chi connectivity index (χ1) is 13.4. The summed E-state index contributed by atoms with van der Waals surface area (Å²) in [5.41, 5.74) is 11.1. The third-order valence-corrected chi connectivity index (χ3v) is 4.68. The zero-order valence-electron chi connectivity index (χ0n) is 15.9. The van der Waals surface area contributed by atoms with E-state index in [0.29, 0.717) is 22.5 Å². The molecule has 4 rings (SSSR count). The summed E-state index contributed by atoms with van der Waals surface area (Å²) in [5, 5.41) is 3.76. The Morgan fingerprint density at radius 2 is 1.86 bits per heavy atom. The average molecular weight is 372 g/mol. The largest absolute Gasteiger partial charge is 0.399 e. The predicted molar refractivity (Wildman–Crippen MR) is 112 cm³/mol. The number of anilines is 3. The van der Waals surface area contributed by atoms with Gasteiger partial charge in [0.05, 0.1) is 17.6 Å². The van der Waals surface area contributed by atoms with Crippen molar-refractivity contribution in [1.82, 2.24) is 19.5 Å². The van der Waals surface area contributed by atoms with Gasteiger partial charge in [-0.2, -0.15) is 0 Å². The standard InChI is InChI=1S/C21H20N6O/c1-12-4-6-15(22)9-17(12)18-8-14-10-24-21(26-19(14)20(28)27(18)3)25-16-7-5-13(2)23-11-16/h4-11H,22H2,1-3H3,(H,24,25,26). The predicted octanol–water partition coefficient (Wildman–Crippen LogP) is 3.33. The molecule has 28 heavy (non-hydrogen) atoms. The van der Waals surface area contributed by atoms with Crippen LogP contribution in [0.1, 0.15) is 11.3 Å². The summed E-state index contributed by atoms with van der Waals surface area (Å²) in [7, 11) is 1.73. The van der Waals surface area contributed by atoms with Crippen molar-refractivity contribution < 1.29 is 0 Å². The summed E-state index contributed by atoms with van der Waals surface area (Å²) in [6, 6.07) is 11.4. The van der Waals surface area contributed by atoms with E-state index in [1.807, 2.05) is 50.2 Å². The van der Waals surface area contributed by atoms with Gasteiger partial charge in [0.25, 0.3) is 5.56 Å². The van der Waals surface area contributed by atoms with Crippen LogP contribution in [-0.2, 0) is 7.05 Å². The van der Waals surface area contributed by atoms with Gasteiger partial charge in [-0.1, -0.05) is 6.07 Å². The summed E-state index contributed by atoms with van der Waals surface area (Å²) >= 11 is 0. The van der Waals surface area contributed by atoms with Crippen LogP contribution in [-0.4, -0.2) is 19.5 Å². The average Bonchev–Trinajstić information content (AvgIpc) is 2.69. The molecule has 7 nitrogen and oxygen atoms in total. The van der Waals surface area contributed by atoms with Gasteiger partial charge in [0.15, 0.2) is 0 Å². The third-order valence-electron chi connectivity index (χ3n) is 4.68. The lowest BCUT2D eigenvalue weighted by atomic mass is 10.0. The molecule has 0 radical (unpaired) electrons. The van der Waals surface area contributed by atoms with Crippen LogP contribution in [0.4, 0.5) is 17.3 Å². The van der Waals surface area contributed by atoms with E-state index in [4.69, 9.17) is 5.73 Å². The molecule has 0 atom stereocenters. The first-order valence-corrected chi connectivity index (χ1v) is 8.85. The summed E-state index contributed by atoms with van der Waals surface area (Å²) in [6.07, 6.45) is 3.35. The molecule has 0 aliphatic heterocycles. The number of nitrogen functional groups attached to an aromatic ring is 1. The number of nitrogens with one attached hydrogen (secondary N) is 1. The molecule has 7 heteroatoms. The van der Waals surface area contributed by atoms with Crippen molar-refractivity contribution in [2.45, 2.75) is 13.8 Å². The molecule has 0 spiro atoms. The Labute approximate surface area is 161 Å². The van der Waals surface area contributed by atoms with Crippen molar-refractivity contribution in [3.8, 4) is 11.3 Å². The molecule has 4 aromatic rings. The number of fused-ring (bicyclic) bond motifs is 1. The number of aromatic nitrogens is 4. The molecule has 0 amide bonds. The molecule has 3 N–H and O–H groups in total. The number of nitrogens with two attached hydrogens (primary N) is 1. The first kappa shape index (κ1) is 17.7. The second-order valence-corrected chi connectivity index (χ2v) is 6.78. The Kier molecular flexibility index (Phi) is 4.27. The lowest BCUT2D eigenvalue weighted by Gasteiger charge is -2.13. The van der Waals surface area contributed by atoms with Crippen molar-refractivity contribution >= 4 is 28.2 Å². The minimum atomic E-state index is -0.193. The van der Waals surface area contributed by atoms with E-state index in [1.165, 1.54) is 0 Å². The number of hydrogen-bond donors (Lipinski definition) is 2. The Morgan fingerprint density at radius 3 is 2.61 bits per heavy atom. The van der Waals surface area contributed by atoms with E-state index in [2.05, 4.69) is 20.3 Å². The number of rotatable bonds is 3. The highest BCUT2D eigenvalue weighted by Crippen LogP contribution is 2.26. The second-order valence-electron chi connectivity index (χ2n) is 6.78. The van der Waals surface area contributed by atoms with Crippen molar-refractivity contribution in [1.29, 1.82) is 0 Å². The molecule has 140 valence electrons. The highest BCUT2D eigenvalue weighted by Gasteiger charge is 2.13. The van der Waals surface area contributed by atoms with Crippen LogP contribution in [0.5, 0.6) is 0 Å². The lowest BCUT2D eigenvalue weighted by molar-refractivity contribution is 0.877. The molecule has 0 unspecified atom stereocenters. The van der Waals surface area contributed by atoms with Crippen LogP contribution in [0.15, 0.2) is 53.6 Å². The molecule has 0 saturated carbocycles. The zero-order chi connectivity index (χ0) is 19.8. The van der Waals surface area contributed by atoms with Crippen LogP contribution in [0.25, 0.3) is 22.2 Å². The van der Waals surface area contributed by atoms with Gasteiger partial charge in [-0.3, -0.25) is 9.78 Å². The number of hydrogen-bond acceptors (Lipinski definition) is 6. The van der Waals surface area contributed by atoms with E-state index < -0.39 is 0 Å².